The van der Waals surface area contributed by atoms with Gasteiger partial charge in [-0.15, -0.1) is 0 Å². The zero-order valence-corrected chi connectivity index (χ0v) is 9.64. The van der Waals surface area contributed by atoms with E-state index in [0.29, 0.717) is 11.5 Å². The Morgan fingerprint density at radius 3 is 1.92 bits per heavy atom. The lowest BCUT2D eigenvalue weighted by molar-refractivity contribution is 0.135. The second-order valence-electron chi connectivity index (χ2n) is 5.83. The van der Waals surface area contributed by atoms with Gasteiger partial charge >= 0.3 is 0 Å². The van der Waals surface area contributed by atoms with Gasteiger partial charge in [-0.3, -0.25) is 0 Å². The van der Waals surface area contributed by atoms with Gasteiger partial charge in [0.2, 0.25) is 0 Å². The fraction of sp³-hybridized carbons (Fsp3) is 1.00. The minimum atomic E-state index is 0.464. The van der Waals surface area contributed by atoms with Crippen molar-refractivity contribution in [3.63, 3.8) is 0 Å². The van der Waals surface area contributed by atoms with Crippen molar-refractivity contribution in [3.05, 3.63) is 0 Å². The third-order valence-electron chi connectivity index (χ3n) is 3.89. The summed E-state index contributed by atoms with van der Waals surface area (Å²) in [6, 6.07) is 0.489. The van der Waals surface area contributed by atoms with Gasteiger partial charge in [-0.2, -0.15) is 0 Å². The minimum Gasteiger partial charge on any atom is -0.328 e. The molecule has 1 atom stereocenters. The molecule has 0 heterocycles. The second kappa shape index (κ2) is 4.00. The Morgan fingerprint density at radius 1 is 1.08 bits per heavy atom. The third-order valence-corrected chi connectivity index (χ3v) is 3.89. The fourth-order valence-corrected chi connectivity index (χ4v) is 2.35. The molecule has 13 heavy (non-hydrogen) atoms. The maximum atomic E-state index is 5.91. The molecule has 1 saturated carbocycles. The van der Waals surface area contributed by atoms with E-state index < -0.39 is 0 Å². The van der Waals surface area contributed by atoms with Crippen LogP contribution < -0.4 is 5.73 Å². The van der Waals surface area contributed by atoms with E-state index in [9.17, 15) is 0 Å². The van der Waals surface area contributed by atoms with Crippen LogP contribution in [0.2, 0.25) is 0 Å². The van der Waals surface area contributed by atoms with Crippen molar-refractivity contribution in [2.45, 2.75) is 59.4 Å². The Morgan fingerprint density at radius 2 is 1.54 bits per heavy atom. The van der Waals surface area contributed by atoms with Crippen LogP contribution in [0, 0.1) is 17.3 Å². The standard InChI is InChI=1S/C12H25N/c1-9(12(2,3)4)10-5-7-11(13)8-6-10/h9-11H,5-8,13H2,1-4H3/t9?,10-,11-. The van der Waals surface area contributed by atoms with Gasteiger partial charge in [0.25, 0.3) is 0 Å². The summed E-state index contributed by atoms with van der Waals surface area (Å²) < 4.78 is 0. The van der Waals surface area contributed by atoms with E-state index in [1.807, 2.05) is 0 Å². The van der Waals surface area contributed by atoms with Gasteiger partial charge in [0.1, 0.15) is 0 Å². The predicted octanol–water partition coefficient (Wildman–Crippen LogP) is 3.19. The highest BCUT2D eigenvalue weighted by Gasteiger charge is 2.30. The highest BCUT2D eigenvalue weighted by atomic mass is 14.6. The van der Waals surface area contributed by atoms with E-state index in [-0.39, 0.29) is 0 Å². The Kier molecular flexibility index (Phi) is 3.39. The van der Waals surface area contributed by atoms with Crippen LogP contribution >= 0.6 is 0 Å². The Hall–Kier alpha value is -0.0400. The maximum Gasteiger partial charge on any atom is 0.00390 e. The largest absolute Gasteiger partial charge is 0.328 e. The normalized spacial score (nSPS) is 33.0. The van der Waals surface area contributed by atoms with Gasteiger partial charge in [0.15, 0.2) is 0 Å². The maximum absolute atomic E-state index is 5.91. The molecule has 0 aromatic carbocycles. The molecule has 1 fully saturated rings. The van der Waals surface area contributed by atoms with Gasteiger partial charge < -0.3 is 5.73 Å². The van der Waals surface area contributed by atoms with Gasteiger partial charge in [-0.1, -0.05) is 27.7 Å². The molecule has 0 radical (unpaired) electrons. The number of hydrogen-bond acceptors (Lipinski definition) is 1. The number of nitrogens with two attached hydrogens (primary N) is 1. The second-order valence-corrected chi connectivity index (χ2v) is 5.83. The minimum absolute atomic E-state index is 0.464. The fourth-order valence-electron chi connectivity index (χ4n) is 2.35. The molecule has 0 aromatic heterocycles. The highest BCUT2D eigenvalue weighted by molar-refractivity contribution is 4.82. The van der Waals surface area contributed by atoms with Crippen LogP contribution in [0.15, 0.2) is 0 Å². The molecular weight excluding hydrogens is 158 g/mol. The van der Waals surface area contributed by atoms with Crippen molar-refractivity contribution < 1.29 is 0 Å². The van der Waals surface area contributed by atoms with Crippen LogP contribution in [-0.4, -0.2) is 6.04 Å². The lowest BCUT2D eigenvalue weighted by atomic mass is 9.69. The first kappa shape index (κ1) is 11.0. The van der Waals surface area contributed by atoms with E-state index in [1.54, 1.807) is 0 Å². The van der Waals surface area contributed by atoms with Gasteiger partial charge in [-0.05, 0) is 42.9 Å². The summed E-state index contributed by atoms with van der Waals surface area (Å²) in [6.45, 7) is 9.46. The smallest absolute Gasteiger partial charge is 0.00390 e. The van der Waals surface area contributed by atoms with E-state index in [2.05, 4.69) is 27.7 Å². The first-order valence-electron chi connectivity index (χ1n) is 5.67. The first-order chi connectivity index (χ1) is 5.91. The molecule has 1 unspecified atom stereocenters. The topological polar surface area (TPSA) is 26.0 Å². The third kappa shape index (κ3) is 2.98. The summed E-state index contributed by atoms with van der Waals surface area (Å²) in [4.78, 5) is 0. The van der Waals surface area contributed by atoms with Crippen molar-refractivity contribution in [1.82, 2.24) is 0 Å². The molecule has 2 N–H and O–H groups in total. The quantitative estimate of drug-likeness (QED) is 0.664. The molecule has 1 heteroatoms. The van der Waals surface area contributed by atoms with E-state index >= 15 is 0 Å². The van der Waals surface area contributed by atoms with Crippen LogP contribution in [0.1, 0.15) is 53.4 Å². The van der Waals surface area contributed by atoms with Crippen LogP contribution in [0.4, 0.5) is 0 Å². The molecule has 0 spiro atoms. The molecular formula is C12H25N. The lowest BCUT2D eigenvalue weighted by Crippen LogP contribution is -2.33. The molecule has 78 valence electrons. The predicted molar refractivity (Wildman–Crippen MR) is 58.6 cm³/mol. The molecule has 0 aliphatic heterocycles. The van der Waals surface area contributed by atoms with Crippen molar-refractivity contribution >= 4 is 0 Å². The first-order valence-corrected chi connectivity index (χ1v) is 5.67. The summed E-state index contributed by atoms with van der Waals surface area (Å²) >= 11 is 0. The Bertz CT molecular complexity index is 149. The molecule has 0 amide bonds. The Balaban J connectivity index is 2.45. The summed E-state index contributed by atoms with van der Waals surface area (Å²) in [5.74, 6) is 1.75. The van der Waals surface area contributed by atoms with Crippen molar-refractivity contribution in [3.8, 4) is 0 Å². The van der Waals surface area contributed by atoms with Crippen LogP contribution in [0.25, 0.3) is 0 Å². The highest BCUT2D eigenvalue weighted by Crippen LogP contribution is 2.38. The molecule has 1 rings (SSSR count). The molecule has 0 saturated heterocycles. The van der Waals surface area contributed by atoms with Crippen molar-refractivity contribution in [2.75, 3.05) is 0 Å². The van der Waals surface area contributed by atoms with Crippen LogP contribution in [-0.2, 0) is 0 Å². The van der Waals surface area contributed by atoms with Gasteiger partial charge in [0.05, 0.1) is 0 Å². The lowest BCUT2D eigenvalue weighted by Gasteiger charge is -2.38. The summed E-state index contributed by atoms with van der Waals surface area (Å²) in [5, 5.41) is 0. The van der Waals surface area contributed by atoms with E-state index in [1.165, 1.54) is 25.7 Å². The average molecular weight is 183 g/mol. The molecule has 0 aromatic rings. The molecule has 1 aliphatic carbocycles. The number of hydrogen-bond donors (Lipinski definition) is 1. The Labute approximate surface area is 83.1 Å². The monoisotopic (exact) mass is 183 g/mol. The zero-order valence-electron chi connectivity index (χ0n) is 9.64. The number of rotatable bonds is 1. The molecule has 1 aliphatic rings. The molecule has 1 nitrogen and oxygen atoms in total. The zero-order chi connectivity index (χ0) is 10.1. The SMILES string of the molecule is CC([C@H]1CC[C@H](N)CC1)C(C)(C)C. The summed E-state index contributed by atoms with van der Waals surface area (Å²) in [5.41, 5.74) is 6.37. The summed E-state index contributed by atoms with van der Waals surface area (Å²) in [7, 11) is 0. The van der Waals surface area contributed by atoms with Crippen molar-refractivity contribution in [1.29, 1.82) is 0 Å². The average Bonchev–Trinajstić information content (AvgIpc) is 2.03. The molecule has 0 bridgehead atoms. The summed E-state index contributed by atoms with van der Waals surface area (Å²) in [6.07, 6.45) is 5.18. The van der Waals surface area contributed by atoms with E-state index in [4.69, 9.17) is 5.73 Å². The van der Waals surface area contributed by atoms with Crippen molar-refractivity contribution in [2.24, 2.45) is 23.0 Å². The van der Waals surface area contributed by atoms with Crippen LogP contribution in [0.3, 0.4) is 0 Å². The van der Waals surface area contributed by atoms with Gasteiger partial charge in [0, 0.05) is 6.04 Å². The van der Waals surface area contributed by atoms with Gasteiger partial charge in [-0.25, -0.2) is 0 Å². The van der Waals surface area contributed by atoms with Crippen LogP contribution in [0.5, 0.6) is 0 Å². The van der Waals surface area contributed by atoms with E-state index in [0.717, 1.165) is 11.8 Å².